The minimum atomic E-state index is -0.717. The molecule has 0 fully saturated rings. The third-order valence-corrected chi connectivity index (χ3v) is 1.80. The highest BCUT2D eigenvalue weighted by molar-refractivity contribution is 4.75. The molecule has 86 valence electrons. The maximum absolute atomic E-state index is 9.37. The molecule has 0 aromatic heterocycles. The summed E-state index contributed by atoms with van der Waals surface area (Å²) in [5.74, 6) is 0. The van der Waals surface area contributed by atoms with E-state index < -0.39 is 18.3 Å². The molecule has 0 saturated heterocycles. The standard InChI is InChI=1S/C9H20O5/c1-3-13-9(7(2)12)8(6-11)14-5-4-10/h7-12H,3-6H2,1-2H3. The Kier molecular flexibility index (Phi) is 8.02. The Morgan fingerprint density at radius 2 is 1.86 bits per heavy atom. The summed E-state index contributed by atoms with van der Waals surface area (Å²) in [6.45, 7) is 3.59. The predicted octanol–water partition coefficient (Wildman–Crippen LogP) is -0.858. The van der Waals surface area contributed by atoms with E-state index in [9.17, 15) is 5.11 Å². The van der Waals surface area contributed by atoms with E-state index in [1.54, 1.807) is 13.8 Å². The smallest absolute Gasteiger partial charge is 0.111 e. The zero-order valence-electron chi connectivity index (χ0n) is 8.72. The molecule has 0 aromatic carbocycles. The summed E-state index contributed by atoms with van der Waals surface area (Å²) in [6, 6.07) is 0. The van der Waals surface area contributed by atoms with Crippen molar-refractivity contribution >= 4 is 0 Å². The van der Waals surface area contributed by atoms with E-state index in [1.165, 1.54) is 0 Å². The zero-order valence-corrected chi connectivity index (χ0v) is 8.72. The van der Waals surface area contributed by atoms with Crippen molar-refractivity contribution in [1.82, 2.24) is 0 Å². The van der Waals surface area contributed by atoms with Gasteiger partial charge in [0.15, 0.2) is 0 Å². The normalized spacial score (nSPS) is 17.8. The van der Waals surface area contributed by atoms with Gasteiger partial charge in [-0.05, 0) is 13.8 Å². The first kappa shape index (κ1) is 13.8. The lowest BCUT2D eigenvalue weighted by Crippen LogP contribution is -2.42. The Bertz CT molecular complexity index is 128. The van der Waals surface area contributed by atoms with Crippen LogP contribution in [0.1, 0.15) is 13.8 Å². The minimum absolute atomic E-state index is 0.116. The highest BCUT2D eigenvalue weighted by atomic mass is 16.6. The van der Waals surface area contributed by atoms with Crippen molar-refractivity contribution in [2.45, 2.75) is 32.2 Å². The Morgan fingerprint density at radius 1 is 1.21 bits per heavy atom. The largest absolute Gasteiger partial charge is 0.394 e. The lowest BCUT2D eigenvalue weighted by Gasteiger charge is -2.27. The molecule has 3 N–H and O–H groups in total. The van der Waals surface area contributed by atoms with E-state index in [0.717, 1.165) is 0 Å². The number of aliphatic hydroxyl groups excluding tert-OH is 3. The molecule has 0 saturated carbocycles. The van der Waals surface area contributed by atoms with E-state index in [1.807, 2.05) is 0 Å². The van der Waals surface area contributed by atoms with Crippen LogP contribution in [0.4, 0.5) is 0 Å². The van der Waals surface area contributed by atoms with Gasteiger partial charge in [-0.15, -0.1) is 0 Å². The molecule has 0 aliphatic rings. The van der Waals surface area contributed by atoms with Crippen molar-refractivity contribution in [3.63, 3.8) is 0 Å². The van der Waals surface area contributed by atoms with Gasteiger partial charge in [0.1, 0.15) is 12.2 Å². The number of hydrogen-bond donors (Lipinski definition) is 3. The van der Waals surface area contributed by atoms with Crippen LogP contribution in [0.3, 0.4) is 0 Å². The van der Waals surface area contributed by atoms with Gasteiger partial charge in [-0.2, -0.15) is 0 Å². The third-order valence-electron chi connectivity index (χ3n) is 1.80. The van der Waals surface area contributed by atoms with Crippen molar-refractivity contribution < 1.29 is 24.8 Å². The molecule has 0 rings (SSSR count). The quantitative estimate of drug-likeness (QED) is 0.484. The minimum Gasteiger partial charge on any atom is -0.394 e. The van der Waals surface area contributed by atoms with Gasteiger partial charge in [0.25, 0.3) is 0 Å². The summed E-state index contributed by atoms with van der Waals surface area (Å²) < 4.78 is 10.4. The molecule has 3 unspecified atom stereocenters. The van der Waals surface area contributed by atoms with E-state index in [0.29, 0.717) is 6.61 Å². The summed E-state index contributed by atoms with van der Waals surface area (Å²) in [4.78, 5) is 0. The summed E-state index contributed by atoms with van der Waals surface area (Å²) >= 11 is 0. The maximum Gasteiger partial charge on any atom is 0.111 e. The Hall–Kier alpha value is -0.200. The molecular formula is C9H20O5. The van der Waals surface area contributed by atoms with Crippen LogP contribution in [0.5, 0.6) is 0 Å². The second-order valence-corrected chi connectivity index (χ2v) is 2.98. The van der Waals surface area contributed by atoms with Crippen LogP contribution in [0.2, 0.25) is 0 Å². The van der Waals surface area contributed by atoms with Gasteiger partial charge in [-0.25, -0.2) is 0 Å². The predicted molar refractivity (Wildman–Crippen MR) is 51.0 cm³/mol. The summed E-state index contributed by atoms with van der Waals surface area (Å²) in [5.41, 5.74) is 0. The first-order chi connectivity index (χ1) is 6.67. The first-order valence-corrected chi connectivity index (χ1v) is 4.80. The summed E-state index contributed by atoms with van der Waals surface area (Å²) in [5, 5.41) is 26.9. The van der Waals surface area contributed by atoms with Gasteiger partial charge in [0.05, 0.1) is 25.9 Å². The monoisotopic (exact) mass is 208 g/mol. The van der Waals surface area contributed by atoms with Crippen LogP contribution in [0.25, 0.3) is 0 Å². The van der Waals surface area contributed by atoms with E-state index >= 15 is 0 Å². The van der Waals surface area contributed by atoms with Crippen LogP contribution in [0, 0.1) is 0 Å². The van der Waals surface area contributed by atoms with Crippen LogP contribution in [-0.2, 0) is 9.47 Å². The van der Waals surface area contributed by atoms with Crippen LogP contribution >= 0.6 is 0 Å². The van der Waals surface area contributed by atoms with Gasteiger partial charge in [-0.1, -0.05) is 0 Å². The molecule has 5 nitrogen and oxygen atoms in total. The highest BCUT2D eigenvalue weighted by Crippen LogP contribution is 2.08. The average molecular weight is 208 g/mol. The lowest BCUT2D eigenvalue weighted by molar-refractivity contribution is -0.132. The second kappa shape index (κ2) is 8.14. The van der Waals surface area contributed by atoms with Crippen LogP contribution in [-0.4, -0.2) is 60.1 Å². The van der Waals surface area contributed by atoms with Gasteiger partial charge < -0.3 is 24.8 Å². The molecule has 5 heteroatoms. The van der Waals surface area contributed by atoms with E-state index in [4.69, 9.17) is 19.7 Å². The van der Waals surface area contributed by atoms with E-state index in [2.05, 4.69) is 0 Å². The van der Waals surface area contributed by atoms with Crippen molar-refractivity contribution in [2.24, 2.45) is 0 Å². The molecular weight excluding hydrogens is 188 g/mol. The van der Waals surface area contributed by atoms with Gasteiger partial charge in [-0.3, -0.25) is 0 Å². The van der Waals surface area contributed by atoms with Gasteiger partial charge >= 0.3 is 0 Å². The third kappa shape index (κ3) is 4.88. The highest BCUT2D eigenvalue weighted by Gasteiger charge is 2.26. The molecule has 0 heterocycles. The molecule has 0 spiro atoms. The number of hydrogen-bond acceptors (Lipinski definition) is 5. The molecule has 3 atom stereocenters. The summed E-state index contributed by atoms with van der Waals surface area (Å²) in [6.07, 6.45) is -1.87. The molecule has 0 radical (unpaired) electrons. The molecule has 0 aliphatic carbocycles. The topological polar surface area (TPSA) is 79.2 Å². The van der Waals surface area contributed by atoms with Crippen molar-refractivity contribution in [1.29, 1.82) is 0 Å². The van der Waals surface area contributed by atoms with Crippen LogP contribution < -0.4 is 0 Å². The first-order valence-electron chi connectivity index (χ1n) is 4.80. The maximum atomic E-state index is 9.37. The molecule has 0 aromatic rings. The van der Waals surface area contributed by atoms with Crippen molar-refractivity contribution in [2.75, 3.05) is 26.4 Å². The fourth-order valence-electron chi connectivity index (χ4n) is 1.21. The summed E-state index contributed by atoms with van der Waals surface area (Å²) in [7, 11) is 0. The average Bonchev–Trinajstić information content (AvgIpc) is 2.17. The fourth-order valence-corrected chi connectivity index (χ4v) is 1.21. The fraction of sp³-hybridized carbons (Fsp3) is 1.00. The SMILES string of the molecule is CCOC(C(C)O)C(CO)OCCO. The van der Waals surface area contributed by atoms with Crippen molar-refractivity contribution in [3.05, 3.63) is 0 Å². The Balaban J connectivity index is 4.11. The number of ether oxygens (including phenoxy) is 2. The Morgan fingerprint density at radius 3 is 2.21 bits per heavy atom. The van der Waals surface area contributed by atoms with Crippen LogP contribution in [0.15, 0.2) is 0 Å². The molecule has 0 bridgehead atoms. The van der Waals surface area contributed by atoms with Gasteiger partial charge in [0, 0.05) is 6.61 Å². The Labute approximate surface area is 84.3 Å². The number of aliphatic hydroxyl groups is 3. The zero-order chi connectivity index (χ0) is 11.0. The molecule has 14 heavy (non-hydrogen) atoms. The second-order valence-electron chi connectivity index (χ2n) is 2.98. The molecule has 0 aliphatic heterocycles. The van der Waals surface area contributed by atoms with Crippen molar-refractivity contribution in [3.8, 4) is 0 Å². The van der Waals surface area contributed by atoms with E-state index in [-0.39, 0.29) is 19.8 Å². The lowest BCUT2D eigenvalue weighted by atomic mass is 10.1. The van der Waals surface area contributed by atoms with Gasteiger partial charge in [0.2, 0.25) is 0 Å². The molecule has 0 amide bonds. The number of rotatable bonds is 8.